The van der Waals surface area contributed by atoms with Crippen LogP contribution in [-0.4, -0.2) is 22.8 Å². The summed E-state index contributed by atoms with van der Waals surface area (Å²) in [4.78, 5) is 18.8. The standard InChI is InChI=1S/C19H17ClN2O/c1-13-7-9-14(10-8-13)12-22(2)19(23)16-11-18(20)21-17-6-4-3-5-15(16)17/h3-11H,12H2,1-2H3. The molecule has 0 atom stereocenters. The average Bonchev–Trinajstić information content (AvgIpc) is 2.55. The Morgan fingerprint density at radius 1 is 1.13 bits per heavy atom. The second-order valence-corrected chi connectivity index (χ2v) is 6.04. The highest BCUT2D eigenvalue weighted by Crippen LogP contribution is 2.22. The summed E-state index contributed by atoms with van der Waals surface area (Å²) >= 11 is 6.07. The van der Waals surface area contributed by atoms with Gasteiger partial charge in [0, 0.05) is 19.0 Å². The average molecular weight is 325 g/mol. The van der Waals surface area contributed by atoms with Crippen molar-refractivity contribution in [2.75, 3.05) is 7.05 Å². The highest BCUT2D eigenvalue weighted by molar-refractivity contribution is 6.30. The molecule has 0 aliphatic rings. The predicted octanol–water partition coefficient (Wildman–Crippen LogP) is 4.47. The third-order valence-corrected chi connectivity index (χ3v) is 4.00. The summed E-state index contributed by atoms with van der Waals surface area (Å²) in [5, 5.41) is 1.15. The monoisotopic (exact) mass is 324 g/mol. The van der Waals surface area contributed by atoms with Gasteiger partial charge in [0.1, 0.15) is 5.15 Å². The first kappa shape index (κ1) is 15.5. The molecule has 3 aromatic rings. The molecule has 0 bridgehead atoms. The zero-order chi connectivity index (χ0) is 16.4. The Labute approximate surface area is 140 Å². The van der Waals surface area contributed by atoms with Crippen molar-refractivity contribution >= 4 is 28.4 Å². The van der Waals surface area contributed by atoms with E-state index in [1.54, 1.807) is 18.0 Å². The summed E-state index contributed by atoms with van der Waals surface area (Å²) in [5.74, 6) is -0.0638. The molecule has 116 valence electrons. The van der Waals surface area contributed by atoms with E-state index in [0.29, 0.717) is 17.3 Å². The van der Waals surface area contributed by atoms with Gasteiger partial charge in [0.25, 0.3) is 5.91 Å². The molecule has 0 fully saturated rings. The molecule has 3 rings (SSSR count). The zero-order valence-corrected chi connectivity index (χ0v) is 13.8. The molecule has 4 heteroatoms. The molecule has 23 heavy (non-hydrogen) atoms. The molecule has 0 N–H and O–H groups in total. The number of aromatic nitrogens is 1. The molecule has 0 aliphatic heterocycles. The Balaban J connectivity index is 1.92. The number of rotatable bonds is 3. The van der Waals surface area contributed by atoms with E-state index in [4.69, 9.17) is 11.6 Å². The van der Waals surface area contributed by atoms with Crippen LogP contribution in [0.2, 0.25) is 5.15 Å². The SMILES string of the molecule is Cc1ccc(CN(C)C(=O)c2cc(Cl)nc3ccccc23)cc1. The van der Waals surface area contributed by atoms with Crippen molar-refractivity contribution in [1.82, 2.24) is 9.88 Å². The minimum atomic E-state index is -0.0638. The second kappa shape index (κ2) is 6.39. The number of carbonyl (C=O) groups is 1. The van der Waals surface area contributed by atoms with Crippen molar-refractivity contribution in [3.63, 3.8) is 0 Å². The van der Waals surface area contributed by atoms with Crippen LogP contribution >= 0.6 is 11.6 Å². The fourth-order valence-corrected chi connectivity index (χ4v) is 2.76. The third-order valence-electron chi connectivity index (χ3n) is 3.80. The summed E-state index contributed by atoms with van der Waals surface area (Å²) < 4.78 is 0. The van der Waals surface area contributed by atoms with Crippen molar-refractivity contribution in [2.24, 2.45) is 0 Å². The Kier molecular flexibility index (Phi) is 4.30. The van der Waals surface area contributed by atoms with E-state index in [9.17, 15) is 4.79 Å². The van der Waals surface area contributed by atoms with Crippen LogP contribution in [0.5, 0.6) is 0 Å². The Morgan fingerprint density at radius 3 is 2.57 bits per heavy atom. The number of carbonyl (C=O) groups excluding carboxylic acids is 1. The van der Waals surface area contributed by atoms with E-state index in [2.05, 4.69) is 4.98 Å². The molecule has 3 nitrogen and oxygen atoms in total. The van der Waals surface area contributed by atoms with Crippen LogP contribution in [-0.2, 0) is 6.54 Å². The topological polar surface area (TPSA) is 33.2 Å². The van der Waals surface area contributed by atoms with Gasteiger partial charge in [0.05, 0.1) is 11.1 Å². The van der Waals surface area contributed by atoms with Gasteiger partial charge in [-0.2, -0.15) is 0 Å². The third kappa shape index (κ3) is 3.35. The Hall–Kier alpha value is -2.39. The normalized spacial score (nSPS) is 10.7. The van der Waals surface area contributed by atoms with E-state index in [1.165, 1.54) is 5.56 Å². The molecule has 0 aliphatic carbocycles. The quantitative estimate of drug-likeness (QED) is 0.666. The number of fused-ring (bicyclic) bond motifs is 1. The highest BCUT2D eigenvalue weighted by Gasteiger charge is 2.16. The zero-order valence-electron chi connectivity index (χ0n) is 13.1. The van der Waals surface area contributed by atoms with Gasteiger partial charge in [0.15, 0.2) is 0 Å². The van der Waals surface area contributed by atoms with Crippen molar-refractivity contribution in [3.05, 3.63) is 76.4 Å². The van der Waals surface area contributed by atoms with E-state index in [1.807, 2.05) is 55.5 Å². The fourth-order valence-electron chi connectivity index (χ4n) is 2.56. The molecule has 1 aromatic heterocycles. The molecule has 0 saturated heterocycles. The van der Waals surface area contributed by atoms with Gasteiger partial charge in [-0.25, -0.2) is 4.98 Å². The molecular formula is C19H17ClN2O. The summed E-state index contributed by atoms with van der Waals surface area (Å²) in [5.41, 5.74) is 3.60. The number of pyridine rings is 1. The number of nitrogens with zero attached hydrogens (tertiary/aromatic N) is 2. The first-order valence-corrected chi connectivity index (χ1v) is 7.78. The number of amides is 1. The van der Waals surface area contributed by atoms with Gasteiger partial charge in [0.2, 0.25) is 0 Å². The first-order chi connectivity index (χ1) is 11.0. The smallest absolute Gasteiger partial charge is 0.254 e. The number of halogens is 1. The number of hydrogen-bond acceptors (Lipinski definition) is 2. The lowest BCUT2D eigenvalue weighted by molar-refractivity contribution is 0.0787. The fraction of sp³-hybridized carbons (Fsp3) is 0.158. The van der Waals surface area contributed by atoms with Crippen molar-refractivity contribution < 1.29 is 4.79 Å². The summed E-state index contributed by atoms with van der Waals surface area (Å²) in [6.45, 7) is 2.59. The summed E-state index contributed by atoms with van der Waals surface area (Å²) in [6.07, 6.45) is 0. The minimum absolute atomic E-state index is 0.0638. The van der Waals surface area contributed by atoms with E-state index >= 15 is 0 Å². The summed E-state index contributed by atoms with van der Waals surface area (Å²) in [7, 11) is 1.80. The molecule has 1 heterocycles. The van der Waals surface area contributed by atoms with Gasteiger partial charge in [-0.15, -0.1) is 0 Å². The lowest BCUT2D eigenvalue weighted by Gasteiger charge is -2.18. The molecule has 0 radical (unpaired) electrons. The van der Waals surface area contributed by atoms with Gasteiger partial charge in [-0.1, -0.05) is 59.6 Å². The van der Waals surface area contributed by atoms with Gasteiger partial charge in [-0.3, -0.25) is 4.79 Å². The van der Waals surface area contributed by atoms with Crippen LogP contribution in [0.25, 0.3) is 10.9 Å². The lowest BCUT2D eigenvalue weighted by atomic mass is 10.1. The maximum atomic E-state index is 12.8. The van der Waals surface area contributed by atoms with Gasteiger partial charge in [-0.05, 0) is 24.6 Å². The Bertz CT molecular complexity index is 859. The molecule has 0 unspecified atom stereocenters. The highest BCUT2D eigenvalue weighted by atomic mass is 35.5. The van der Waals surface area contributed by atoms with Crippen molar-refractivity contribution in [1.29, 1.82) is 0 Å². The molecule has 0 spiro atoms. The largest absolute Gasteiger partial charge is 0.337 e. The lowest BCUT2D eigenvalue weighted by Crippen LogP contribution is -2.26. The number of hydrogen-bond donors (Lipinski definition) is 0. The first-order valence-electron chi connectivity index (χ1n) is 7.41. The van der Waals surface area contributed by atoms with Crippen molar-refractivity contribution in [3.8, 4) is 0 Å². The summed E-state index contributed by atoms with van der Waals surface area (Å²) in [6, 6.07) is 17.3. The molecular weight excluding hydrogens is 308 g/mol. The van der Waals surface area contributed by atoms with Crippen molar-refractivity contribution in [2.45, 2.75) is 13.5 Å². The minimum Gasteiger partial charge on any atom is -0.337 e. The van der Waals surface area contributed by atoms with Crippen LogP contribution in [0, 0.1) is 6.92 Å². The molecule has 0 saturated carbocycles. The predicted molar refractivity (Wildman–Crippen MR) is 93.7 cm³/mol. The maximum absolute atomic E-state index is 12.8. The molecule has 2 aromatic carbocycles. The van der Waals surface area contributed by atoms with Crippen LogP contribution in [0.3, 0.4) is 0 Å². The maximum Gasteiger partial charge on any atom is 0.254 e. The van der Waals surface area contributed by atoms with E-state index in [0.717, 1.165) is 16.5 Å². The Morgan fingerprint density at radius 2 is 1.83 bits per heavy atom. The molecule has 1 amide bonds. The van der Waals surface area contributed by atoms with E-state index < -0.39 is 0 Å². The van der Waals surface area contributed by atoms with Crippen LogP contribution in [0.1, 0.15) is 21.5 Å². The number of benzene rings is 2. The van der Waals surface area contributed by atoms with E-state index in [-0.39, 0.29) is 5.91 Å². The van der Waals surface area contributed by atoms with Gasteiger partial charge < -0.3 is 4.90 Å². The van der Waals surface area contributed by atoms with Crippen LogP contribution in [0.4, 0.5) is 0 Å². The number of aryl methyl sites for hydroxylation is 1. The van der Waals surface area contributed by atoms with Crippen LogP contribution < -0.4 is 0 Å². The number of para-hydroxylation sites is 1. The second-order valence-electron chi connectivity index (χ2n) is 5.66. The van der Waals surface area contributed by atoms with Gasteiger partial charge >= 0.3 is 0 Å². The van der Waals surface area contributed by atoms with Crippen LogP contribution in [0.15, 0.2) is 54.6 Å².